The second-order valence-corrected chi connectivity index (χ2v) is 4.55. The van der Waals surface area contributed by atoms with E-state index in [-0.39, 0.29) is 6.61 Å². The summed E-state index contributed by atoms with van der Waals surface area (Å²) in [7, 11) is 0. The van der Waals surface area contributed by atoms with E-state index in [1.807, 2.05) is 26.0 Å². The standard InChI is InChI=1S/C14H17ClN2O2/c1-3-12-13(9-18)16-17(4-2)14(12)19-11-7-5-6-10(15)8-11/h5-8,18H,3-4,9H2,1-2H3. The van der Waals surface area contributed by atoms with Crippen molar-refractivity contribution in [3.63, 3.8) is 0 Å². The molecule has 0 saturated heterocycles. The van der Waals surface area contributed by atoms with Gasteiger partial charge in [0, 0.05) is 17.1 Å². The average molecular weight is 281 g/mol. The smallest absolute Gasteiger partial charge is 0.221 e. The second-order valence-electron chi connectivity index (χ2n) is 4.12. The Kier molecular flexibility index (Phi) is 4.45. The maximum absolute atomic E-state index is 9.34. The fourth-order valence-electron chi connectivity index (χ4n) is 1.98. The van der Waals surface area contributed by atoms with Crippen molar-refractivity contribution in [1.82, 2.24) is 9.78 Å². The number of rotatable bonds is 5. The van der Waals surface area contributed by atoms with Crippen LogP contribution in [-0.2, 0) is 19.6 Å². The fourth-order valence-corrected chi connectivity index (χ4v) is 2.16. The van der Waals surface area contributed by atoms with Crippen molar-refractivity contribution < 1.29 is 9.84 Å². The van der Waals surface area contributed by atoms with Gasteiger partial charge in [-0.05, 0) is 31.5 Å². The zero-order valence-electron chi connectivity index (χ0n) is 11.1. The molecular weight excluding hydrogens is 264 g/mol. The third-order valence-corrected chi connectivity index (χ3v) is 3.13. The Labute approximate surface area is 117 Å². The summed E-state index contributed by atoms with van der Waals surface area (Å²) in [5.41, 5.74) is 1.60. The van der Waals surface area contributed by atoms with Gasteiger partial charge in [0.05, 0.1) is 12.3 Å². The molecule has 0 atom stereocenters. The molecule has 0 bridgehead atoms. The van der Waals surface area contributed by atoms with Crippen molar-refractivity contribution in [2.24, 2.45) is 0 Å². The molecule has 1 N–H and O–H groups in total. The summed E-state index contributed by atoms with van der Waals surface area (Å²) in [5, 5.41) is 14.3. The molecule has 0 fully saturated rings. The number of aryl methyl sites for hydroxylation is 1. The molecule has 4 nitrogen and oxygen atoms in total. The van der Waals surface area contributed by atoms with Crippen LogP contribution in [0.3, 0.4) is 0 Å². The lowest BCUT2D eigenvalue weighted by molar-refractivity contribution is 0.274. The lowest BCUT2D eigenvalue weighted by Crippen LogP contribution is -2.00. The van der Waals surface area contributed by atoms with Crippen molar-refractivity contribution in [3.8, 4) is 11.6 Å². The highest BCUT2D eigenvalue weighted by atomic mass is 35.5. The molecule has 1 heterocycles. The van der Waals surface area contributed by atoms with Gasteiger partial charge in [-0.1, -0.05) is 24.6 Å². The third-order valence-electron chi connectivity index (χ3n) is 2.90. The first-order valence-corrected chi connectivity index (χ1v) is 6.70. The van der Waals surface area contributed by atoms with Crippen molar-refractivity contribution in [2.75, 3.05) is 0 Å². The monoisotopic (exact) mass is 280 g/mol. The number of aromatic nitrogens is 2. The zero-order valence-corrected chi connectivity index (χ0v) is 11.8. The number of aliphatic hydroxyl groups is 1. The van der Waals surface area contributed by atoms with Gasteiger partial charge in [0.2, 0.25) is 5.88 Å². The van der Waals surface area contributed by atoms with E-state index in [1.165, 1.54) is 0 Å². The maximum Gasteiger partial charge on any atom is 0.221 e. The highest BCUT2D eigenvalue weighted by Crippen LogP contribution is 2.29. The van der Waals surface area contributed by atoms with Gasteiger partial charge in [-0.3, -0.25) is 0 Å². The van der Waals surface area contributed by atoms with Crippen LogP contribution in [0.2, 0.25) is 5.02 Å². The number of aliphatic hydroxyl groups excluding tert-OH is 1. The Morgan fingerprint density at radius 3 is 2.74 bits per heavy atom. The largest absolute Gasteiger partial charge is 0.439 e. The molecule has 2 rings (SSSR count). The van der Waals surface area contributed by atoms with Gasteiger partial charge in [-0.15, -0.1) is 0 Å². The zero-order chi connectivity index (χ0) is 13.8. The second kappa shape index (κ2) is 6.08. The van der Waals surface area contributed by atoms with Crippen LogP contribution in [0.25, 0.3) is 0 Å². The van der Waals surface area contributed by atoms with Crippen LogP contribution in [0, 0.1) is 0 Å². The molecule has 0 unspecified atom stereocenters. The Morgan fingerprint density at radius 2 is 2.16 bits per heavy atom. The maximum atomic E-state index is 9.34. The van der Waals surface area contributed by atoms with E-state index in [0.717, 1.165) is 12.0 Å². The Bertz CT molecular complexity index is 567. The summed E-state index contributed by atoms with van der Waals surface area (Å²) in [6.07, 6.45) is 0.756. The first kappa shape index (κ1) is 13.9. The van der Waals surface area contributed by atoms with Crippen LogP contribution in [0.1, 0.15) is 25.1 Å². The minimum Gasteiger partial charge on any atom is -0.439 e. The van der Waals surface area contributed by atoms with E-state index in [2.05, 4.69) is 5.10 Å². The lowest BCUT2D eigenvalue weighted by atomic mass is 10.2. The predicted octanol–water partition coefficient (Wildman–Crippen LogP) is 3.40. The molecule has 0 amide bonds. The third kappa shape index (κ3) is 2.91. The first-order chi connectivity index (χ1) is 9.19. The summed E-state index contributed by atoms with van der Waals surface area (Å²) in [6.45, 7) is 4.60. The van der Waals surface area contributed by atoms with Crippen molar-refractivity contribution in [3.05, 3.63) is 40.5 Å². The number of benzene rings is 1. The Morgan fingerprint density at radius 1 is 1.37 bits per heavy atom. The number of nitrogens with zero attached hydrogens (tertiary/aromatic N) is 2. The van der Waals surface area contributed by atoms with Gasteiger partial charge in [-0.25, -0.2) is 4.68 Å². The first-order valence-electron chi connectivity index (χ1n) is 6.32. The van der Waals surface area contributed by atoms with Crippen LogP contribution in [0.5, 0.6) is 11.6 Å². The molecule has 0 radical (unpaired) electrons. The van der Waals surface area contributed by atoms with Gasteiger partial charge in [0.25, 0.3) is 0 Å². The minimum absolute atomic E-state index is 0.0813. The Balaban J connectivity index is 2.40. The molecule has 2 aromatic rings. The highest BCUT2D eigenvalue weighted by Gasteiger charge is 2.17. The van der Waals surface area contributed by atoms with Gasteiger partial charge in [0.15, 0.2) is 0 Å². The molecule has 0 aliphatic heterocycles. The van der Waals surface area contributed by atoms with E-state index in [9.17, 15) is 5.11 Å². The quantitative estimate of drug-likeness (QED) is 0.913. The molecule has 0 aliphatic carbocycles. The Hall–Kier alpha value is -1.52. The molecule has 1 aromatic heterocycles. The van der Waals surface area contributed by atoms with Crippen molar-refractivity contribution >= 4 is 11.6 Å². The summed E-state index contributed by atoms with van der Waals surface area (Å²) in [4.78, 5) is 0. The number of ether oxygens (including phenoxy) is 1. The van der Waals surface area contributed by atoms with E-state index in [1.54, 1.807) is 16.8 Å². The highest BCUT2D eigenvalue weighted by molar-refractivity contribution is 6.30. The van der Waals surface area contributed by atoms with Crippen LogP contribution in [0.15, 0.2) is 24.3 Å². The summed E-state index contributed by atoms with van der Waals surface area (Å²) >= 11 is 5.95. The summed E-state index contributed by atoms with van der Waals surface area (Å²) < 4.78 is 7.65. The molecule has 19 heavy (non-hydrogen) atoms. The van der Waals surface area contributed by atoms with Crippen molar-refractivity contribution in [2.45, 2.75) is 33.4 Å². The predicted molar refractivity (Wildman–Crippen MR) is 74.7 cm³/mol. The molecule has 5 heteroatoms. The fraction of sp³-hybridized carbons (Fsp3) is 0.357. The van der Waals surface area contributed by atoms with Crippen LogP contribution in [0.4, 0.5) is 0 Å². The average Bonchev–Trinajstić information content (AvgIpc) is 2.75. The summed E-state index contributed by atoms with van der Waals surface area (Å²) in [5.74, 6) is 1.35. The SMILES string of the molecule is CCc1c(CO)nn(CC)c1Oc1cccc(Cl)c1. The van der Waals surface area contributed by atoms with Crippen LogP contribution >= 0.6 is 11.6 Å². The lowest BCUT2D eigenvalue weighted by Gasteiger charge is -2.09. The minimum atomic E-state index is -0.0813. The number of hydrogen-bond donors (Lipinski definition) is 1. The van der Waals surface area contributed by atoms with E-state index in [4.69, 9.17) is 16.3 Å². The molecule has 0 aliphatic rings. The number of hydrogen-bond acceptors (Lipinski definition) is 3. The van der Waals surface area contributed by atoms with Crippen molar-refractivity contribution in [1.29, 1.82) is 0 Å². The van der Waals surface area contributed by atoms with E-state index in [0.29, 0.717) is 28.9 Å². The van der Waals surface area contributed by atoms with Gasteiger partial charge in [0.1, 0.15) is 5.75 Å². The van der Waals surface area contributed by atoms with Gasteiger partial charge >= 0.3 is 0 Å². The van der Waals surface area contributed by atoms with E-state index < -0.39 is 0 Å². The molecular formula is C14H17ClN2O2. The summed E-state index contributed by atoms with van der Waals surface area (Å²) in [6, 6.07) is 7.23. The van der Waals surface area contributed by atoms with E-state index >= 15 is 0 Å². The topological polar surface area (TPSA) is 47.3 Å². The molecule has 102 valence electrons. The van der Waals surface area contributed by atoms with Gasteiger partial charge < -0.3 is 9.84 Å². The van der Waals surface area contributed by atoms with Crippen LogP contribution < -0.4 is 4.74 Å². The van der Waals surface area contributed by atoms with Gasteiger partial charge in [-0.2, -0.15) is 5.10 Å². The molecule has 1 aromatic carbocycles. The molecule has 0 saturated carbocycles. The van der Waals surface area contributed by atoms with Crippen LogP contribution in [-0.4, -0.2) is 14.9 Å². The molecule has 0 spiro atoms. The number of halogens is 1. The normalized spacial score (nSPS) is 10.7.